The Bertz CT molecular complexity index is 421. The van der Waals surface area contributed by atoms with E-state index in [4.69, 9.17) is 15.2 Å². The van der Waals surface area contributed by atoms with Crippen molar-refractivity contribution in [1.82, 2.24) is 0 Å². The van der Waals surface area contributed by atoms with Gasteiger partial charge in [0.05, 0.1) is 19.9 Å². The van der Waals surface area contributed by atoms with E-state index in [0.29, 0.717) is 6.04 Å². The molecule has 0 bridgehead atoms. The molecule has 1 aromatic carbocycles. The van der Waals surface area contributed by atoms with Crippen molar-refractivity contribution in [1.29, 1.82) is 0 Å². The molecule has 1 atom stereocenters. The van der Waals surface area contributed by atoms with Gasteiger partial charge in [0.25, 0.3) is 0 Å². The van der Waals surface area contributed by atoms with Gasteiger partial charge >= 0.3 is 0 Å². The predicted molar refractivity (Wildman–Crippen MR) is 73.7 cm³/mol. The number of benzene rings is 1. The molecular formula is C14H22N2O2. The first-order chi connectivity index (χ1) is 8.72. The smallest absolute Gasteiger partial charge is 0.142 e. The number of hydrogen-bond acceptors (Lipinski definition) is 4. The molecule has 0 aromatic heterocycles. The predicted octanol–water partition coefficient (Wildman–Crippen LogP) is 1.80. The zero-order valence-electron chi connectivity index (χ0n) is 11.4. The van der Waals surface area contributed by atoms with Crippen LogP contribution in [0.15, 0.2) is 12.1 Å². The minimum atomic E-state index is 0.489. The van der Waals surface area contributed by atoms with Crippen LogP contribution >= 0.6 is 0 Å². The van der Waals surface area contributed by atoms with Crippen LogP contribution in [-0.4, -0.2) is 33.9 Å². The molecule has 0 amide bonds. The van der Waals surface area contributed by atoms with Gasteiger partial charge in [0.1, 0.15) is 11.5 Å². The summed E-state index contributed by atoms with van der Waals surface area (Å²) in [5, 5.41) is 0. The largest absolute Gasteiger partial charge is 0.496 e. The summed E-state index contributed by atoms with van der Waals surface area (Å²) in [5.74, 6) is 1.86. The number of nitrogens with zero attached hydrogens (tertiary/aromatic N) is 1. The van der Waals surface area contributed by atoms with Crippen molar-refractivity contribution < 1.29 is 9.47 Å². The zero-order valence-corrected chi connectivity index (χ0v) is 11.4. The molecule has 1 aromatic rings. The van der Waals surface area contributed by atoms with Crippen LogP contribution in [-0.2, 0) is 6.42 Å². The topological polar surface area (TPSA) is 47.7 Å². The highest BCUT2D eigenvalue weighted by atomic mass is 16.5. The molecule has 0 saturated carbocycles. The maximum Gasteiger partial charge on any atom is 0.142 e. The molecule has 0 aliphatic carbocycles. The molecule has 1 aliphatic heterocycles. The van der Waals surface area contributed by atoms with Gasteiger partial charge in [0, 0.05) is 18.7 Å². The molecule has 2 rings (SSSR count). The highest BCUT2D eigenvalue weighted by Gasteiger charge is 2.28. The highest BCUT2D eigenvalue weighted by molar-refractivity contribution is 5.69. The van der Waals surface area contributed by atoms with Crippen molar-refractivity contribution in [2.24, 2.45) is 5.73 Å². The summed E-state index contributed by atoms with van der Waals surface area (Å²) in [7, 11) is 5.54. The Balaban J connectivity index is 2.44. The van der Waals surface area contributed by atoms with Crippen LogP contribution in [0.1, 0.15) is 18.4 Å². The standard InChI is InChI=1S/C14H22N2O2/c1-16-10(8-9-15)4-5-11-12(17-2)6-7-13(18-3)14(11)16/h6-7,10H,4-5,8-9,15H2,1-3H3. The quantitative estimate of drug-likeness (QED) is 0.885. The van der Waals surface area contributed by atoms with Gasteiger partial charge in [0.15, 0.2) is 0 Å². The SMILES string of the molecule is COc1ccc(OC)c2c1CCC(CCN)N2C. The van der Waals surface area contributed by atoms with E-state index in [1.807, 2.05) is 12.1 Å². The van der Waals surface area contributed by atoms with Crippen molar-refractivity contribution in [2.45, 2.75) is 25.3 Å². The number of fused-ring (bicyclic) bond motifs is 1. The van der Waals surface area contributed by atoms with E-state index in [-0.39, 0.29) is 0 Å². The van der Waals surface area contributed by atoms with Gasteiger partial charge in [-0.15, -0.1) is 0 Å². The first-order valence-electron chi connectivity index (χ1n) is 6.39. The number of methoxy groups -OCH3 is 2. The van der Waals surface area contributed by atoms with Crippen molar-refractivity contribution in [2.75, 3.05) is 32.7 Å². The van der Waals surface area contributed by atoms with E-state index in [2.05, 4.69) is 11.9 Å². The van der Waals surface area contributed by atoms with Crippen LogP contribution in [0, 0.1) is 0 Å². The Kier molecular flexibility index (Phi) is 3.97. The third-order valence-electron chi connectivity index (χ3n) is 3.77. The molecule has 0 saturated heterocycles. The first-order valence-corrected chi connectivity index (χ1v) is 6.39. The molecule has 1 heterocycles. The fourth-order valence-corrected chi connectivity index (χ4v) is 2.80. The highest BCUT2D eigenvalue weighted by Crippen LogP contribution is 2.42. The molecule has 1 aliphatic rings. The summed E-state index contributed by atoms with van der Waals surface area (Å²) >= 11 is 0. The molecule has 0 radical (unpaired) electrons. The van der Waals surface area contributed by atoms with E-state index in [9.17, 15) is 0 Å². The Labute approximate surface area is 109 Å². The van der Waals surface area contributed by atoms with Gasteiger partial charge < -0.3 is 20.1 Å². The second kappa shape index (κ2) is 5.48. The third kappa shape index (κ3) is 2.12. The minimum Gasteiger partial charge on any atom is -0.496 e. The van der Waals surface area contributed by atoms with Crippen LogP contribution in [0.25, 0.3) is 0 Å². The lowest BCUT2D eigenvalue weighted by Gasteiger charge is -2.37. The summed E-state index contributed by atoms with van der Waals surface area (Å²) in [5.41, 5.74) is 8.08. The summed E-state index contributed by atoms with van der Waals surface area (Å²) < 4.78 is 10.9. The van der Waals surface area contributed by atoms with E-state index < -0.39 is 0 Å². The van der Waals surface area contributed by atoms with Gasteiger partial charge in [-0.2, -0.15) is 0 Å². The van der Waals surface area contributed by atoms with E-state index in [0.717, 1.165) is 43.0 Å². The number of hydrogen-bond donors (Lipinski definition) is 1. The van der Waals surface area contributed by atoms with Crippen LogP contribution in [0.5, 0.6) is 11.5 Å². The lowest BCUT2D eigenvalue weighted by molar-refractivity contribution is 0.390. The lowest BCUT2D eigenvalue weighted by atomic mass is 9.93. The molecule has 1 unspecified atom stereocenters. The normalized spacial score (nSPS) is 18.4. The summed E-state index contributed by atoms with van der Waals surface area (Å²) in [4.78, 5) is 2.28. The van der Waals surface area contributed by atoms with Crippen LogP contribution in [0.3, 0.4) is 0 Å². The monoisotopic (exact) mass is 250 g/mol. The van der Waals surface area contributed by atoms with Crippen molar-refractivity contribution in [3.05, 3.63) is 17.7 Å². The minimum absolute atomic E-state index is 0.489. The molecule has 0 fully saturated rings. The van der Waals surface area contributed by atoms with Gasteiger partial charge in [-0.1, -0.05) is 0 Å². The maximum atomic E-state index is 5.69. The number of anilines is 1. The average molecular weight is 250 g/mol. The number of rotatable bonds is 4. The Hall–Kier alpha value is -1.42. The van der Waals surface area contributed by atoms with Crippen molar-refractivity contribution >= 4 is 5.69 Å². The Morgan fingerprint density at radius 1 is 1.28 bits per heavy atom. The Morgan fingerprint density at radius 2 is 1.94 bits per heavy atom. The molecule has 4 nitrogen and oxygen atoms in total. The summed E-state index contributed by atoms with van der Waals surface area (Å²) in [6.45, 7) is 0.719. The van der Waals surface area contributed by atoms with E-state index >= 15 is 0 Å². The molecule has 0 spiro atoms. The summed E-state index contributed by atoms with van der Waals surface area (Å²) in [6.07, 6.45) is 3.14. The zero-order chi connectivity index (χ0) is 13.1. The van der Waals surface area contributed by atoms with Gasteiger partial charge in [0.2, 0.25) is 0 Å². The molecule has 2 N–H and O–H groups in total. The van der Waals surface area contributed by atoms with Crippen LogP contribution in [0.4, 0.5) is 5.69 Å². The lowest BCUT2D eigenvalue weighted by Crippen LogP contribution is -2.38. The molecule has 4 heteroatoms. The second-order valence-electron chi connectivity index (χ2n) is 4.68. The van der Waals surface area contributed by atoms with Gasteiger partial charge in [-0.25, -0.2) is 0 Å². The van der Waals surface area contributed by atoms with Gasteiger partial charge in [-0.05, 0) is 37.9 Å². The fraction of sp³-hybridized carbons (Fsp3) is 0.571. The van der Waals surface area contributed by atoms with Gasteiger partial charge in [-0.3, -0.25) is 0 Å². The summed E-state index contributed by atoms with van der Waals surface area (Å²) in [6, 6.07) is 4.44. The molecule has 18 heavy (non-hydrogen) atoms. The van der Waals surface area contributed by atoms with Crippen LogP contribution in [0.2, 0.25) is 0 Å². The second-order valence-corrected chi connectivity index (χ2v) is 4.68. The first kappa shape index (κ1) is 13.0. The molecular weight excluding hydrogens is 228 g/mol. The number of ether oxygens (including phenoxy) is 2. The average Bonchev–Trinajstić information content (AvgIpc) is 2.40. The Morgan fingerprint density at radius 3 is 2.56 bits per heavy atom. The maximum absolute atomic E-state index is 5.69. The third-order valence-corrected chi connectivity index (χ3v) is 3.77. The van der Waals surface area contributed by atoms with E-state index in [1.165, 1.54) is 5.56 Å². The number of nitrogens with two attached hydrogens (primary N) is 1. The van der Waals surface area contributed by atoms with Crippen molar-refractivity contribution in [3.63, 3.8) is 0 Å². The van der Waals surface area contributed by atoms with Crippen LogP contribution < -0.4 is 20.1 Å². The molecule has 100 valence electrons. The van der Waals surface area contributed by atoms with Crippen molar-refractivity contribution in [3.8, 4) is 11.5 Å². The fourth-order valence-electron chi connectivity index (χ4n) is 2.80. The van der Waals surface area contributed by atoms with E-state index in [1.54, 1.807) is 14.2 Å².